The van der Waals surface area contributed by atoms with E-state index >= 15 is 0 Å². The van der Waals surface area contributed by atoms with E-state index in [2.05, 4.69) is 62.3 Å². The van der Waals surface area contributed by atoms with Crippen LogP contribution < -0.4 is 10.6 Å². The van der Waals surface area contributed by atoms with E-state index in [0.29, 0.717) is 11.1 Å². The number of carbonyl (C=O) groups excluding carboxylic acids is 1. The highest BCUT2D eigenvalue weighted by Crippen LogP contribution is 2.26. The van der Waals surface area contributed by atoms with Gasteiger partial charge in [0, 0.05) is 35.6 Å². The van der Waals surface area contributed by atoms with Gasteiger partial charge in [-0.05, 0) is 64.1 Å². The maximum absolute atomic E-state index is 11.0. The van der Waals surface area contributed by atoms with Gasteiger partial charge in [-0.15, -0.1) is 0 Å². The quantitative estimate of drug-likeness (QED) is 0.283. The van der Waals surface area contributed by atoms with E-state index in [1.807, 2.05) is 82.0 Å². The Morgan fingerprint density at radius 2 is 1.56 bits per heavy atom. The molecule has 0 bridgehead atoms. The Bertz CT molecular complexity index is 1140. The van der Waals surface area contributed by atoms with Gasteiger partial charge < -0.3 is 10.6 Å². The van der Waals surface area contributed by atoms with Crippen molar-refractivity contribution in [2.45, 2.75) is 47.1 Å². The number of pyridine rings is 1. The van der Waals surface area contributed by atoms with Crippen LogP contribution in [0.1, 0.15) is 56.2 Å². The van der Waals surface area contributed by atoms with E-state index in [4.69, 9.17) is 0 Å². The number of aromatic nitrogens is 2. The summed E-state index contributed by atoms with van der Waals surface area (Å²) in [5, 5.41) is 10.7. The van der Waals surface area contributed by atoms with Crippen LogP contribution in [-0.4, -0.2) is 35.5 Å². The van der Waals surface area contributed by atoms with Crippen LogP contribution in [0.5, 0.6) is 0 Å². The molecular formula is C31H44N4O. The van der Waals surface area contributed by atoms with Gasteiger partial charge in [-0.1, -0.05) is 76.1 Å². The number of aryl methyl sites for hydroxylation is 1. The lowest BCUT2D eigenvalue weighted by molar-refractivity contribution is 0.112. The maximum Gasteiger partial charge on any atom is 0.150 e. The van der Waals surface area contributed by atoms with Crippen molar-refractivity contribution in [2.75, 3.05) is 14.1 Å². The predicted molar refractivity (Wildman–Crippen MR) is 159 cm³/mol. The topological polar surface area (TPSA) is 58.4 Å². The van der Waals surface area contributed by atoms with E-state index in [1.165, 1.54) is 0 Å². The molecule has 0 aliphatic heterocycles. The van der Waals surface area contributed by atoms with Crippen LogP contribution in [0.15, 0.2) is 86.6 Å². The normalized spacial score (nSPS) is 10.1. The van der Waals surface area contributed by atoms with Crippen molar-refractivity contribution in [3.63, 3.8) is 0 Å². The lowest BCUT2D eigenvalue weighted by atomic mass is 10.0. The number of benzene rings is 1. The SMILES string of the molecule is C=C(NC)c1c(C)nn2ccc(-c3cccc(C=O)c3)cc12.C=C/C=C\C=C.CC.CNC(C)(C)C. The molecule has 0 aliphatic carbocycles. The van der Waals surface area contributed by atoms with Crippen LogP contribution in [0.2, 0.25) is 0 Å². The summed E-state index contributed by atoms with van der Waals surface area (Å²) in [5.41, 5.74) is 6.78. The van der Waals surface area contributed by atoms with Crippen molar-refractivity contribution in [3.8, 4) is 11.1 Å². The highest BCUT2D eigenvalue weighted by atomic mass is 16.1. The number of fused-ring (bicyclic) bond motifs is 1. The summed E-state index contributed by atoms with van der Waals surface area (Å²) in [6, 6.07) is 11.6. The lowest BCUT2D eigenvalue weighted by Gasteiger charge is -2.15. The third-order valence-electron chi connectivity index (χ3n) is 4.90. The average Bonchev–Trinajstić information content (AvgIpc) is 3.23. The largest absolute Gasteiger partial charge is 0.388 e. The van der Waals surface area contributed by atoms with Crippen LogP contribution in [-0.2, 0) is 0 Å². The van der Waals surface area contributed by atoms with Crippen LogP contribution >= 0.6 is 0 Å². The molecule has 0 saturated heterocycles. The monoisotopic (exact) mass is 488 g/mol. The van der Waals surface area contributed by atoms with Crippen molar-refractivity contribution < 1.29 is 4.79 Å². The van der Waals surface area contributed by atoms with Gasteiger partial charge in [0.25, 0.3) is 0 Å². The number of allylic oxidation sites excluding steroid dienone is 4. The fourth-order valence-corrected chi connectivity index (χ4v) is 2.79. The molecule has 0 spiro atoms. The number of hydrogen-bond acceptors (Lipinski definition) is 4. The molecule has 1 aromatic carbocycles. The average molecular weight is 489 g/mol. The van der Waals surface area contributed by atoms with Crippen molar-refractivity contribution in [2.24, 2.45) is 0 Å². The summed E-state index contributed by atoms with van der Waals surface area (Å²) in [4.78, 5) is 11.0. The first-order chi connectivity index (χ1) is 17.1. The van der Waals surface area contributed by atoms with E-state index in [1.54, 1.807) is 18.2 Å². The van der Waals surface area contributed by atoms with Gasteiger partial charge in [0.2, 0.25) is 0 Å². The van der Waals surface area contributed by atoms with E-state index in [0.717, 1.165) is 39.9 Å². The van der Waals surface area contributed by atoms with Gasteiger partial charge in [0.1, 0.15) is 6.29 Å². The molecular weight excluding hydrogens is 444 g/mol. The van der Waals surface area contributed by atoms with Crippen LogP contribution in [0.25, 0.3) is 22.3 Å². The van der Waals surface area contributed by atoms with Crippen molar-refractivity contribution in [3.05, 3.63) is 103 Å². The van der Waals surface area contributed by atoms with E-state index < -0.39 is 0 Å². The Labute approximate surface area is 218 Å². The molecule has 2 heterocycles. The highest BCUT2D eigenvalue weighted by molar-refractivity contribution is 5.83. The number of aldehydes is 1. The van der Waals surface area contributed by atoms with Gasteiger partial charge in [0.05, 0.1) is 11.2 Å². The smallest absolute Gasteiger partial charge is 0.150 e. The summed E-state index contributed by atoms with van der Waals surface area (Å²) >= 11 is 0. The molecule has 0 fully saturated rings. The van der Waals surface area contributed by atoms with Gasteiger partial charge in [-0.25, -0.2) is 4.52 Å². The molecule has 0 amide bonds. The van der Waals surface area contributed by atoms with Crippen LogP contribution in [0, 0.1) is 6.92 Å². The van der Waals surface area contributed by atoms with E-state index in [-0.39, 0.29) is 0 Å². The Morgan fingerprint density at radius 3 is 2.03 bits per heavy atom. The highest BCUT2D eigenvalue weighted by Gasteiger charge is 2.12. The number of nitrogens with one attached hydrogen (secondary N) is 2. The summed E-state index contributed by atoms with van der Waals surface area (Å²) in [7, 11) is 3.81. The summed E-state index contributed by atoms with van der Waals surface area (Å²) in [6.07, 6.45) is 9.86. The first-order valence-corrected chi connectivity index (χ1v) is 12.1. The molecule has 3 rings (SSSR count). The molecule has 194 valence electrons. The second-order valence-corrected chi connectivity index (χ2v) is 8.53. The van der Waals surface area contributed by atoms with Crippen LogP contribution in [0.3, 0.4) is 0 Å². The zero-order valence-electron chi connectivity index (χ0n) is 23.4. The third-order valence-corrected chi connectivity index (χ3v) is 4.90. The summed E-state index contributed by atoms with van der Waals surface area (Å²) < 4.78 is 1.85. The zero-order valence-corrected chi connectivity index (χ0v) is 23.4. The number of hydrogen-bond donors (Lipinski definition) is 2. The molecule has 2 N–H and O–H groups in total. The number of carbonyl (C=O) groups is 1. The maximum atomic E-state index is 11.0. The summed E-state index contributed by atoms with van der Waals surface area (Å²) in [6.45, 7) is 23.3. The second kappa shape index (κ2) is 16.8. The fourth-order valence-electron chi connectivity index (χ4n) is 2.79. The van der Waals surface area contributed by atoms with Crippen molar-refractivity contribution in [1.29, 1.82) is 0 Å². The molecule has 2 aromatic heterocycles. The lowest BCUT2D eigenvalue weighted by Crippen LogP contribution is -2.31. The fraction of sp³-hybridized carbons (Fsp3) is 0.290. The van der Waals surface area contributed by atoms with E-state index in [9.17, 15) is 4.79 Å². The van der Waals surface area contributed by atoms with Gasteiger partial charge in [-0.3, -0.25) is 4.79 Å². The summed E-state index contributed by atoms with van der Waals surface area (Å²) in [5.74, 6) is 0. The molecule has 0 radical (unpaired) electrons. The van der Waals surface area contributed by atoms with Gasteiger partial charge >= 0.3 is 0 Å². The zero-order chi connectivity index (χ0) is 27.7. The van der Waals surface area contributed by atoms with Gasteiger partial charge in [-0.2, -0.15) is 5.10 Å². The molecule has 0 saturated carbocycles. The first-order valence-electron chi connectivity index (χ1n) is 12.1. The second-order valence-electron chi connectivity index (χ2n) is 8.53. The first kappa shape index (κ1) is 32.3. The minimum Gasteiger partial charge on any atom is -0.388 e. The number of rotatable bonds is 6. The van der Waals surface area contributed by atoms with Crippen molar-refractivity contribution in [1.82, 2.24) is 20.2 Å². The Morgan fingerprint density at radius 1 is 1.00 bits per heavy atom. The van der Waals surface area contributed by atoms with Crippen LogP contribution in [0.4, 0.5) is 0 Å². The molecule has 36 heavy (non-hydrogen) atoms. The minimum absolute atomic E-state index is 0.292. The Hall–Kier alpha value is -3.70. The molecule has 3 aromatic rings. The molecule has 0 atom stereocenters. The molecule has 0 unspecified atom stereocenters. The molecule has 5 heteroatoms. The number of nitrogens with zero attached hydrogens (tertiary/aromatic N) is 2. The molecule has 0 aliphatic rings. The molecule has 5 nitrogen and oxygen atoms in total. The third kappa shape index (κ3) is 10.7. The minimum atomic E-state index is 0.292. The Kier molecular flexibility index (Phi) is 15.1. The predicted octanol–water partition coefficient (Wildman–Crippen LogP) is 7.26. The standard InChI is InChI=1S/C18H17N3O.C6H8.C5H13N.C2H6/c1-12(19-3)18-13(2)20-21-8-7-16(10-17(18)21)15-6-4-5-14(9-15)11-22;1-3-5-6-4-2;1-5(2,3)6-4;1-2/h4-11,19H,1H2,2-3H3;3-6H,1-2H2;6H,1-4H3;1-2H3/b;6-5-;;. The van der Waals surface area contributed by atoms with Gasteiger partial charge in [0.15, 0.2) is 0 Å². The van der Waals surface area contributed by atoms with Crippen molar-refractivity contribution >= 4 is 17.5 Å². The Balaban J connectivity index is 0.000000727.